The van der Waals surface area contributed by atoms with Gasteiger partial charge in [-0.2, -0.15) is 0 Å². The smallest absolute Gasteiger partial charge is 0.123 e. The second kappa shape index (κ2) is 7.90. The summed E-state index contributed by atoms with van der Waals surface area (Å²) in [6.07, 6.45) is 6.60. The number of aliphatic hydroxyl groups is 1. The lowest BCUT2D eigenvalue weighted by Crippen LogP contribution is -2.64. The van der Waals surface area contributed by atoms with E-state index in [0.717, 1.165) is 37.1 Å². The number of nitrogens with one attached hydrogen (secondary N) is 1. The van der Waals surface area contributed by atoms with Gasteiger partial charge in [0.05, 0.1) is 5.60 Å². The fraction of sp³-hybridized carbons (Fsp3) is 0.500. The van der Waals surface area contributed by atoms with Crippen LogP contribution in [0.5, 0.6) is 5.75 Å². The van der Waals surface area contributed by atoms with Crippen molar-refractivity contribution < 1.29 is 14.2 Å². The lowest BCUT2D eigenvalue weighted by atomic mass is 9.51. The van der Waals surface area contributed by atoms with E-state index in [-0.39, 0.29) is 23.8 Å². The Morgan fingerprint density at radius 1 is 1.00 bits per heavy atom. The fourth-order valence-corrected chi connectivity index (χ4v) is 6.20. The highest BCUT2D eigenvalue weighted by molar-refractivity contribution is 5.85. The van der Waals surface area contributed by atoms with Crippen LogP contribution >= 0.6 is 12.4 Å². The Morgan fingerprint density at radius 2 is 1.72 bits per heavy atom. The zero-order valence-electron chi connectivity index (χ0n) is 16.6. The van der Waals surface area contributed by atoms with Gasteiger partial charge < -0.3 is 15.2 Å². The Hall–Kier alpha value is -1.62. The Morgan fingerprint density at radius 3 is 2.41 bits per heavy atom. The predicted molar refractivity (Wildman–Crippen MR) is 114 cm³/mol. The minimum absolute atomic E-state index is 0. The first-order valence-corrected chi connectivity index (χ1v) is 10.4. The average Bonchev–Trinajstić information content (AvgIpc) is 2.65. The van der Waals surface area contributed by atoms with E-state index in [2.05, 4.69) is 17.4 Å². The van der Waals surface area contributed by atoms with Gasteiger partial charge in [-0.1, -0.05) is 24.3 Å². The van der Waals surface area contributed by atoms with E-state index in [0.29, 0.717) is 18.4 Å². The molecule has 2 aromatic rings. The molecule has 2 unspecified atom stereocenters. The molecule has 5 heteroatoms. The summed E-state index contributed by atoms with van der Waals surface area (Å²) in [7, 11) is 0. The zero-order valence-corrected chi connectivity index (χ0v) is 17.4. The highest BCUT2D eigenvalue weighted by Gasteiger charge is 2.56. The SMILES string of the molecule is Cl.OC12CC3CC(C1)CC(NCc1cccc(OCc4ccc(F)cc4)c1)(C3)C2. The van der Waals surface area contributed by atoms with E-state index in [9.17, 15) is 9.50 Å². The number of halogens is 2. The third-order valence-electron chi connectivity index (χ3n) is 6.91. The van der Waals surface area contributed by atoms with E-state index in [4.69, 9.17) is 4.74 Å². The first-order chi connectivity index (χ1) is 13.5. The summed E-state index contributed by atoms with van der Waals surface area (Å²) in [6.45, 7) is 1.22. The lowest BCUT2D eigenvalue weighted by molar-refractivity contribution is -0.142. The first kappa shape index (κ1) is 20.6. The van der Waals surface area contributed by atoms with Crippen molar-refractivity contribution in [3.05, 3.63) is 65.5 Å². The standard InChI is InChI=1S/C24H28FNO2.ClH/c25-21-6-4-17(5-7-21)15-28-22-3-1-2-18(9-22)14-26-23-10-19-8-20(11-23)13-24(27,12-19)16-23;/h1-7,9,19-20,26-27H,8,10-16H2;1H. The Bertz CT molecular complexity index is 842. The summed E-state index contributed by atoms with van der Waals surface area (Å²) >= 11 is 0. The van der Waals surface area contributed by atoms with Crippen LogP contribution in [0.25, 0.3) is 0 Å². The molecule has 4 bridgehead atoms. The molecule has 29 heavy (non-hydrogen) atoms. The molecule has 0 aliphatic heterocycles. The van der Waals surface area contributed by atoms with Crippen LogP contribution in [0.2, 0.25) is 0 Å². The normalized spacial score (nSPS) is 32.1. The highest BCUT2D eigenvalue weighted by atomic mass is 35.5. The third kappa shape index (κ3) is 4.45. The number of hydrogen-bond donors (Lipinski definition) is 2. The molecular formula is C24H29ClFNO2. The fourth-order valence-electron chi connectivity index (χ4n) is 6.20. The summed E-state index contributed by atoms with van der Waals surface area (Å²) < 4.78 is 18.9. The van der Waals surface area contributed by atoms with Gasteiger partial charge in [0.25, 0.3) is 0 Å². The van der Waals surface area contributed by atoms with Crippen LogP contribution in [0.15, 0.2) is 48.5 Å². The van der Waals surface area contributed by atoms with Crippen LogP contribution in [-0.2, 0) is 13.2 Å². The van der Waals surface area contributed by atoms with Crippen LogP contribution in [0.4, 0.5) is 4.39 Å². The summed E-state index contributed by atoms with van der Waals surface area (Å²) in [4.78, 5) is 0. The molecule has 0 saturated heterocycles. The van der Waals surface area contributed by atoms with Crippen molar-refractivity contribution in [3.63, 3.8) is 0 Å². The molecule has 2 aromatic carbocycles. The molecule has 6 rings (SSSR count). The topological polar surface area (TPSA) is 41.5 Å². The molecular weight excluding hydrogens is 389 g/mol. The monoisotopic (exact) mass is 417 g/mol. The van der Waals surface area contributed by atoms with Gasteiger partial charge in [0.1, 0.15) is 18.2 Å². The quantitative estimate of drug-likeness (QED) is 0.694. The average molecular weight is 418 g/mol. The van der Waals surface area contributed by atoms with Gasteiger partial charge in [0, 0.05) is 12.1 Å². The summed E-state index contributed by atoms with van der Waals surface area (Å²) in [5, 5.41) is 14.7. The molecule has 4 saturated carbocycles. The maximum Gasteiger partial charge on any atom is 0.123 e. The van der Waals surface area contributed by atoms with Crippen LogP contribution in [0.1, 0.15) is 49.7 Å². The summed E-state index contributed by atoms with van der Waals surface area (Å²) in [5.41, 5.74) is 1.81. The van der Waals surface area contributed by atoms with Gasteiger partial charge >= 0.3 is 0 Å². The molecule has 4 aliphatic carbocycles. The molecule has 0 radical (unpaired) electrons. The molecule has 2 N–H and O–H groups in total. The third-order valence-corrected chi connectivity index (χ3v) is 6.91. The van der Waals surface area contributed by atoms with Gasteiger partial charge in [-0.15, -0.1) is 12.4 Å². The van der Waals surface area contributed by atoms with Crippen molar-refractivity contribution in [2.75, 3.05) is 0 Å². The van der Waals surface area contributed by atoms with Crippen molar-refractivity contribution in [3.8, 4) is 5.75 Å². The maximum absolute atomic E-state index is 13.0. The Balaban J connectivity index is 0.00000205. The van der Waals surface area contributed by atoms with Crippen LogP contribution < -0.4 is 10.1 Å². The molecule has 3 nitrogen and oxygen atoms in total. The van der Waals surface area contributed by atoms with Crippen LogP contribution in [0.3, 0.4) is 0 Å². The molecule has 2 atom stereocenters. The van der Waals surface area contributed by atoms with Gasteiger partial charge in [0.2, 0.25) is 0 Å². The number of benzene rings is 2. The number of rotatable bonds is 6. The Labute approximate surface area is 178 Å². The number of hydrogen-bond acceptors (Lipinski definition) is 3. The van der Waals surface area contributed by atoms with E-state index < -0.39 is 5.60 Å². The van der Waals surface area contributed by atoms with Crippen LogP contribution in [0, 0.1) is 17.7 Å². The van der Waals surface area contributed by atoms with Crippen molar-refractivity contribution in [1.29, 1.82) is 0 Å². The molecule has 4 aliphatic rings. The van der Waals surface area contributed by atoms with Crippen molar-refractivity contribution in [2.45, 2.75) is 62.8 Å². The number of ether oxygens (including phenoxy) is 1. The second-order valence-electron chi connectivity index (χ2n) is 9.38. The lowest BCUT2D eigenvalue weighted by Gasteiger charge is -2.60. The zero-order chi connectivity index (χ0) is 19.2. The summed E-state index contributed by atoms with van der Waals surface area (Å²) in [5.74, 6) is 1.96. The molecule has 0 amide bonds. The van der Waals surface area contributed by atoms with E-state index in [1.54, 1.807) is 12.1 Å². The molecule has 156 valence electrons. The highest BCUT2D eigenvalue weighted by Crippen LogP contribution is 2.57. The minimum Gasteiger partial charge on any atom is -0.489 e. The van der Waals surface area contributed by atoms with Gasteiger partial charge in [-0.05, 0) is 85.8 Å². The minimum atomic E-state index is -0.433. The van der Waals surface area contributed by atoms with Crippen molar-refractivity contribution in [2.24, 2.45) is 11.8 Å². The maximum atomic E-state index is 13.0. The molecule has 4 fully saturated rings. The Kier molecular flexibility index (Phi) is 5.62. The molecule has 0 aromatic heterocycles. The van der Waals surface area contributed by atoms with Gasteiger partial charge in [-0.3, -0.25) is 0 Å². The molecule has 0 spiro atoms. The first-order valence-electron chi connectivity index (χ1n) is 10.4. The summed E-state index contributed by atoms with van der Waals surface area (Å²) in [6, 6.07) is 14.6. The van der Waals surface area contributed by atoms with E-state index in [1.165, 1.54) is 37.0 Å². The van der Waals surface area contributed by atoms with Crippen molar-refractivity contribution in [1.82, 2.24) is 5.32 Å². The van der Waals surface area contributed by atoms with E-state index in [1.807, 2.05) is 12.1 Å². The van der Waals surface area contributed by atoms with Gasteiger partial charge in [-0.25, -0.2) is 4.39 Å². The molecule has 0 heterocycles. The predicted octanol–water partition coefficient (Wildman–Crippen LogP) is 5.00. The second-order valence-corrected chi connectivity index (χ2v) is 9.38. The largest absolute Gasteiger partial charge is 0.489 e. The van der Waals surface area contributed by atoms with Crippen molar-refractivity contribution >= 4 is 12.4 Å². The van der Waals surface area contributed by atoms with Gasteiger partial charge in [0.15, 0.2) is 0 Å². The van der Waals surface area contributed by atoms with Crippen LogP contribution in [-0.4, -0.2) is 16.2 Å². The van der Waals surface area contributed by atoms with E-state index >= 15 is 0 Å².